The van der Waals surface area contributed by atoms with Gasteiger partial charge in [-0.05, 0) is 31.0 Å². The second kappa shape index (κ2) is 8.53. The Kier molecular flexibility index (Phi) is 6.97. The van der Waals surface area contributed by atoms with Crippen LogP contribution in [0.1, 0.15) is 32.3 Å². The number of carbonyl (C=O) groups is 1. The second-order valence-corrected chi connectivity index (χ2v) is 4.34. The van der Waals surface area contributed by atoms with Crippen LogP contribution < -0.4 is 0 Å². The predicted octanol–water partition coefficient (Wildman–Crippen LogP) is 2.68. The van der Waals surface area contributed by atoms with Gasteiger partial charge in [-0.25, -0.2) is 4.79 Å². The molecule has 4 nitrogen and oxygen atoms in total. The van der Waals surface area contributed by atoms with Crippen molar-refractivity contribution in [3.63, 3.8) is 0 Å². The van der Waals surface area contributed by atoms with Crippen LogP contribution in [0, 0.1) is 0 Å². The number of aromatic hydroxyl groups is 1. The van der Waals surface area contributed by atoms with E-state index < -0.39 is 6.10 Å². The first-order chi connectivity index (χ1) is 9.17. The lowest BCUT2D eigenvalue weighted by Gasteiger charge is -2.16. The molecular formula is C15H22O4. The highest BCUT2D eigenvalue weighted by Crippen LogP contribution is 2.13. The van der Waals surface area contributed by atoms with E-state index in [4.69, 9.17) is 9.47 Å². The summed E-state index contributed by atoms with van der Waals surface area (Å²) < 4.78 is 10.6. The third-order valence-corrected chi connectivity index (χ3v) is 2.72. The zero-order chi connectivity index (χ0) is 14.1. The minimum atomic E-state index is -0.573. The van der Waals surface area contributed by atoms with Gasteiger partial charge in [-0.2, -0.15) is 0 Å². The van der Waals surface area contributed by atoms with Gasteiger partial charge in [0.25, 0.3) is 0 Å². The molecule has 19 heavy (non-hydrogen) atoms. The summed E-state index contributed by atoms with van der Waals surface area (Å²) >= 11 is 0. The van der Waals surface area contributed by atoms with E-state index in [1.54, 1.807) is 31.2 Å². The van der Waals surface area contributed by atoms with Crippen molar-refractivity contribution in [2.24, 2.45) is 0 Å². The number of rotatable bonds is 8. The molecule has 0 aliphatic carbocycles. The van der Waals surface area contributed by atoms with Gasteiger partial charge in [-0.1, -0.05) is 25.5 Å². The number of esters is 1. The summed E-state index contributed by atoms with van der Waals surface area (Å²) in [5, 5.41) is 9.23. The number of unbranched alkanes of at least 4 members (excludes halogenated alkanes) is 1. The van der Waals surface area contributed by atoms with Crippen molar-refractivity contribution in [3.8, 4) is 5.75 Å². The monoisotopic (exact) mass is 266 g/mol. The molecule has 106 valence electrons. The van der Waals surface area contributed by atoms with Crippen LogP contribution in [0.3, 0.4) is 0 Å². The van der Waals surface area contributed by atoms with E-state index in [1.165, 1.54) is 0 Å². The molecule has 0 aromatic heterocycles. The largest absolute Gasteiger partial charge is 0.508 e. The van der Waals surface area contributed by atoms with Gasteiger partial charge in [-0.3, -0.25) is 0 Å². The minimum absolute atomic E-state index is 0.211. The Morgan fingerprint density at radius 3 is 2.53 bits per heavy atom. The van der Waals surface area contributed by atoms with Gasteiger partial charge in [0.2, 0.25) is 0 Å². The molecule has 0 bridgehead atoms. The fraction of sp³-hybridized carbons (Fsp3) is 0.533. The molecule has 0 radical (unpaired) electrons. The van der Waals surface area contributed by atoms with Crippen molar-refractivity contribution < 1.29 is 19.4 Å². The minimum Gasteiger partial charge on any atom is -0.508 e. The summed E-state index contributed by atoms with van der Waals surface area (Å²) in [5.74, 6) is -0.116. The standard InChI is InChI=1S/C15H22O4/c1-3-5-10-19-14(15(17)18-4-2)11-12-6-8-13(16)9-7-12/h6-9,14,16H,3-5,10-11H2,1-2H3. The molecule has 1 rings (SSSR count). The average molecular weight is 266 g/mol. The quantitative estimate of drug-likeness (QED) is 0.580. The summed E-state index contributed by atoms with van der Waals surface area (Å²) in [6.45, 7) is 4.75. The van der Waals surface area contributed by atoms with Gasteiger partial charge in [0.05, 0.1) is 6.61 Å². The summed E-state index contributed by atoms with van der Waals surface area (Å²) in [4.78, 5) is 11.8. The first-order valence-electron chi connectivity index (χ1n) is 6.73. The lowest BCUT2D eigenvalue weighted by Crippen LogP contribution is -2.29. The van der Waals surface area contributed by atoms with Crippen LogP contribution in [0.15, 0.2) is 24.3 Å². The Bertz CT molecular complexity index is 372. The Balaban J connectivity index is 2.61. The molecule has 1 aromatic rings. The van der Waals surface area contributed by atoms with E-state index in [2.05, 4.69) is 6.92 Å². The number of ether oxygens (including phenoxy) is 2. The summed E-state index contributed by atoms with van der Waals surface area (Å²) in [6, 6.07) is 6.77. The van der Waals surface area contributed by atoms with E-state index >= 15 is 0 Å². The highest BCUT2D eigenvalue weighted by Gasteiger charge is 2.20. The maximum Gasteiger partial charge on any atom is 0.335 e. The zero-order valence-corrected chi connectivity index (χ0v) is 11.6. The Morgan fingerprint density at radius 1 is 1.26 bits per heavy atom. The molecule has 1 atom stereocenters. The normalized spacial score (nSPS) is 12.1. The van der Waals surface area contributed by atoms with Gasteiger partial charge in [0, 0.05) is 13.0 Å². The van der Waals surface area contributed by atoms with Crippen LogP contribution >= 0.6 is 0 Å². The fourth-order valence-electron chi connectivity index (χ4n) is 1.66. The van der Waals surface area contributed by atoms with Crippen LogP contribution in [0.4, 0.5) is 0 Å². The van der Waals surface area contributed by atoms with Crippen molar-refractivity contribution in [2.45, 2.75) is 39.2 Å². The molecule has 1 N–H and O–H groups in total. The summed E-state index contributed by atoms with van der Waals surface area (Å²) in [7, 11) is 0. The highest BCUT2D eigenvalue weighted by atomic mass is 16.6. The van der Waals surface area contributed by atoms with Gasteiger partial charge in [0.1, 0.15) is 5.75 Å². The molecule has 0 amide bonds. The van der Waals surface area contributed by atoms with Crippen LogP contribution in [0.2, 0.25) is 0 Å². The van der Waals surface area contributed by atoms with E-state index in [-0.39, 0.29) is 11.7 Å². The SMILES string of the molecule is CCCCOC(Cc1ccc(O)cc1)C(=O)OCC. The zero-order valence-electron chi connectivity index (χ0n) is 11.6. The topological polar surface area (TPSA) is 55.8 Å². The Morgan fingerprint density at radius 2 is 1.95 bits per heavy atom. The third-order valence-electron chi connectivity index (χ3n) is 2.72. The van der Waals surface area contributed by atoms with Crippen molar-refractivity contribution in [2.75, 3.05) is 13.2 Å². The van der Waals surface area contributed by atoms with E-state index in [9.17, 15) is 9.90 Å². The van der Waals surface area contributed by atoms with Crippen molar-refractivity contribution in [3.05, 3.63) is 29.8 Å². The number of phenols is 1. The van der Waals surface area contributed by atoms with Gasteiger partial charge in [0.15, 0.2) is 6.10 Å². The molecule has 1 unspecified atom stereocenters. The first-order valence-corrected chi connectivity index (χ1v) is 6.73. The van der Waals surface area contributed by atoms with Crippen LogP contribution in [0.5, 0.6) is 5.75 Å². The van der Waals surface area contributed by atoms with E-state index in [0.29, 0.717) is 19.6 Å². The molecule has 0 heterocycles. The lowest BCUT2D eigenvalue weighted by molar-refractivity contribution is -0.156. The third kappa shape index (κ3) is 5.75. The molecule has 0 spiro atoms. The molecule has 0 fully saturated rings. The second-order valence-electron chi connectivity index (χ2n) is 4.34. The maximum atomic E-state index is 11.8. The van der Waals surface area contributed by atoms with Gasteiger partial charge in [-0.15, -0.1) is 0 Å². The molecular weight excluding hydrogens is 244 g/mol. The first kappa shape index (κ1) is 15.5. The number of benzene rings is 1. The molecule has 4 heteroatoms. The Hall–Kier alpha value is -1.55. The molecule has 0 saturated heterocycles. The summed E-state index contributed by atoms with van der Waals surface area (Å²) in [5.41, 5.74) is 0.937. The molecule has 0 aliphatic heterocycles. The van der Waals surface area contributed by atoms with Crippen LogP contribution in [0.25, 0.3) is 0 Å². The van der Waals surface area contributed by atoms with Gasteiger partial charge < -0.3 is 14.6 Å². The maximum absolute atomic E-state index is 11.8. The summed E-state index contributed by atoms with van der Waals surface area (Å²) in [6.07, 6.45) is 1.83. The number of hydrogen-bond acceptors (Lipinski definition) is 4. The average Bonchev–Trinajstić information content (AvgIpc) is 2.40. The Labute approximate surface area is 114 Å². The number of hydrogen-bond donors (Lipinski definition) is 1. The van der Waals surface area contributed by atoms with Crippen molar-refractivity contribution >= 4 is 5.97 Å². The van der Waals surface area contributed by atoms with Crippen molar-refractivity contribution in [1.82, 2.24) is 0 Å². The van der Waals surface area contributed by atoms with E-state index in [1.807, 2.05) is 0 Å². The smallest absolute Gasteiger partial charge is 0.335 e. The lowest BCUT2D eigenvalue weighted by atomic mass is 10.1. The van der Waals surface area contributed by atoms with E-state index in [0.717, 1.165) is 18.4 Å². The molecule has 0 aliphatic rings. The molecule has 1 aromatic carbocycles. The molecule has 0 saturated carbocycles. The predicted molar refractivity (Wildman–Crippen MR) is 73.1 cm³/mol. The highest BCUT2D eigenvalue weighted by molar-refractivity contribution is 5.75. The van der Waals surface area contributed by atoms with Crippen LogP contribution in [-0.4, -0.2) is 30.4 Å². The van der Waals surface area contributed by atoms with Crippen LogP contribution in [-0.2, 0) is 20.7 Å². The van der Waals surface area contributed by atoms with Crippen molar-refractivity contribution in [1.29, 1.82) is 0 Å². The van der Waals surface area contributed by atoms with Gasteiger partial charge >= 0.3 is 5.97 Å². The number of carbonyl (C=O) groups excluding carboxylic acids is 1. The number of phenolic OH excluding ortho intramolecular Hbond substituents is 1. The fourth-order valence-corrected chi connectivity index (χ4v) is 1.66.